The maximum atomic E-state index is 13.1. The third-order valence-electron chi connectivity index (χ3n) is 4.70. The van der Waals surface area contributed by atoms with Gasteiger partial charge in [0.2, 0.25) is 5.89 Å². The minimum atomic E-state index is -0.0394. The smallest absolute Gasteiger partial charge is 0.318 e. The van der Waals surface area contributed by atoms with Crippen LogP contribution in [-0.4, -0.2) is 61.3 Å². The standard InChI is InChI=1S/C17H21N7O2/c1-4-13-19-20-17(26-13)23-9-8-22(10-11(23)2)16(25)14-12(3)21-24-7-5-6-18-15(14)24/h5-7,11H,4,8-10H2,1-3H3. The number of anilines is 1. The number of hydrogen-bond acceptors (Lipinski definition) is 7. The molecule has 0 saturated carbocycles. The highest BCUT2D eigenvalue weighted by Crippen LogP contribution is 2.22. The van der Waals surface area contributed by atoms with Gasteiger partial charge in [-0.25, -0.2) is 9.50 Å². The Morgan fingerprint density at radius 1 is 1.35 bits per heavy atom. The van der Waals surface area contributed by atoms with E-state index in [2.05, 4.69) is 32.1 Å². The van der Waals surface area contributed by atoms with E-state index >= 15 is 0 Å². The maximum Gasteiger partial charge on any atom is 0.318 e. The summed E-state index contributed by atoms with van der Waals surface area (Å²) >= 11 is 0. The highest BCUT2D eigenvalue weighted by Gasteiger charge is 2.32. The summed E-state index contributed by atoms with van der Waals surface area (Å²) in [6, 6.07) is 2.40. The molecule has 136 valence electrons. The number of hydrogen-bond donors (Lipinski definition) is 0. The molecule has 0 aliphatic carbocycles. The van der Waals surface area contributed by atoms with Crippen molar-refractivity contribution in [1.82, 2.24) is 29.7 Å². The van der Waals surface area contributed by atoms with Gasteiger partial charge in [0, 0.05) is 44.5 Å². The summed E-state index contributed by atoms with van der Waals surface area (Å²) < 4.78 is 7.31. The van der Waals surface area contributed by atoms with Gasteiger partial charge in [0.25, 0.3) is 5.91 Å². The topological polar surface area (TPSA) is 92.7 Å². The lowest BCUT2D eigenvalue weighted by atomic mass is 10.1. The number of amides is 1. The molecule has 9 heteroatoms. The second kappa shape index (κ2) is 6.40. The van der Waals surface area contributed by atoms with Gasteiger partial charge in [-0.1, -0.05) is 12.0 Å². The first-order valence-electron chi connectivity index (χ1n) is 8.76. The Labute approximate surface area is 150 Å². The number of rotatable bonds is 3. The summed E-state index contributed by atoms with van der Waals surface area (Å²) in [7, 11) is 0. The largest absolute Gasteiger partial charge is 0.408 e. The number of carbonyl (C=O) groups excluding carboxylic acids is 1. The normalized spacial score (nSPS) is 17.9. The predicted molar refractivity (Wildman–Crippen MR) is 94.1 cm³/mol. The van der Waals surface area contributed by atoms with Crippen LogP contribution in [0.4, 0.5) is 6.01 Å². The van der Waals surface area contributed by atoms with Gasteiger partial charge in [-0.05, 0) is 19.9 Å². The number of carbonyl (C=O) groups is 1. The quantitative estimate of drug-likeness (QED) is 0.700. The molecule has 1 fully saturated rings. The SMILES string of the molecule is CCc1nnc(N2CCN(C(=O)c3c(C)nn4cccnc34)CC2C)o1. The third kappa shape index (κ3) is 2.69. The van der Waals surface area contributed by atoms with Crippen LogP contribution in [0.25, 0.3) is 5.65 Å². The molecule has 1 amide bonds. The molecule has 0 N–H and O–H groups in total. The van der Waals surface area contributed by atoms with Crippen molar-refractivity contribution in [2.45, 2.75) is 33.2 Å². The summed E-state index contributed by atoms with van der Waals surface area (Å²) in [4.78, 5) is 21.3. The van der Waals surface area contributed by atoms with Crippen LogP contribution in [0.5, 0.6) is 0 Å². The fraction of sp³-hybridized carbons (Fsp3) is 0.471. The Bertz CT molecular complexity index is 948. The lowest BCUT2D eigenvalue weighted by molar-refractivity contribution is 0.0724. The van der Waals surface area contributed by atoms with Crippen LogP contribution in [0.2, 0.25) is 0 Å². The van der Waals surface area contributed by atoms with Gasteiger partial charge in [0.1, 0.15) is 5.56 Å². The molecule has 3 aromatic rings. The second-order valence-electron chi connectivity index (χ2n) is 6.47. The highest BCUT2D eigenvalue weighted by atomic mass is 16.4. The van der Waals surface area contributed by atoms with Gasteiger partial charge in [0.15, 0.2) is 5.65 Å². The maximum absolute atomic E-state index is 13.1. The van der Waals surface area contributed by atoms with Crippen molar-refractivity contribution in [1.29, 1.82) is 0 Å². The summed E-state index contributed by atoms with van der Waals surface area (Å²) in [5.74, 6) is 0.584. The van der Waals surface area contributed by atoms with Crippen LogP contribution in [0, 0.1) is 6.92 Å². The van der Waals surface area contributed by atoms with Gasteiger partial charge in [-0.2, -0.15) is 5.10 Å². The molecule has 0 bridgehead atoms. The van der Waals surface area contributed by atoms with Crippen LogP contribution in [0.1, 0.15) is 35.8 Å². The Morgan fingerprint density at radius 2 is 2.19 bits per heavy atom. The van der Waals surface area contributed by atoms with Crippen LogP contribution in [0.3, 0.4) is 0 Å². The lowest BCUT2D eigenvalue weighted by Crippen LogP contribution is -2.54. The average Bonchev–Trinajstić information content (AvgIpc) is 3.24. The summed E-state index contributed by atoms with van der Waals surface area (Å²) in [6.07, 6.45) is 4.18. The average molecular weight is 355 g/mol. The molecule has 1 aliphatic heterocycles. The molecule has 1 aliphatic rings. The van der Waals surface area contributed by atoms with Crippen LogP contribution < -0.4 is 4.90 Å². The first-order valence-corrected chi connectivity index (χ1v) is 8.76. The molecular weight excluding hydrogens is 334 g/mol. The second-order valence-corrected chi connectivity index (χ2v) is 6.47. The van der Waals surface area contributed by atoms with E-state index in [-0.39, 0.29) is 11.9 Å². The van der Waals surface area contributed by atoms with Crippen molar-refractivity contribution in [3.05, 3.63) is 35.6 Å². The predicted octanol–water partition coefficient (Wildman–Crippen LogP) is 1.33. The minimum Gasteiger partial charge on any atom is -0.408 e. The first kappa shape index (κ1) is 16.5. The summed E-state index contributed by atoms with van der Waals surface area (Å²) in [6.45, 7) is 7.67. The molecule has 1 unspecified atom stereocenters. The molecule has 0 aromatic carbocycles. The Kier molecular flexibility index (Phi) is 4.06. The molecule has 1 atom stereocenters. The van der Waals surface area contributed by atoms with Crippen LogP contribution in [-0.2, 0) is 6.42 Å². The van der Waals surface area contributed by atoms with E-state index in [1.165, 1.54) is 0 Å². The lowest BCUT2D eigenvalue weighted by Gasteiger charge is -2.38. The van der Waals surface area contributed by atoms with E-state index in [0.29, 0.717) is 54.9 Å². The van der Waals surface area contributed by atoms with Crippen molar-refractivity contribution >= 4 is 17.6 Å². The molecule has 26 heavy (non-hydrogen) atoms. The molecule has 3 aromatic heterocycles. The van der Waals surface area contributed by atoms with E-state index < -0.39 is 0 Å². The van der Waals surface area contributed by atoms with Gasteiger partial charge >= 0.3 is 6.01 Å². The van der Waals surface area contributed by atoms with E-state index in [4.69, 9.17) is 4.42 Å². The summed E-state index contributed by atoms with van der Waals surface area (Å²) in [5, 5.41) is 12.5. The molecule has 9 nitrogen and oxygen atoms in total. The van der Waals surface area contributed by atoms with E-state index in [9.17, 15) is 4.79 Å². The molecule has 4 rings (SSSR count). The number of aryl methyl sites for hydroxylation is 2. The molecule has 0 radical (unpaired) electrons. The fourth-order valence-corrected chi connectivity index (χ4v) is 3.34. The zero-order valence-electron chi connectivity index (χ0n) is 15.1. The third-order valence-corrected chi connectivity index (χ3v) is 4.70. The number of piperazine rings is 1. The van der Waals surface area contributed by atoms with E-state index in [0.717, 1.165) is 0 Å². The van der Waals surface area contributed by atoms with Gasteiger partial charge in [-0.3, -0.25) is 4.79 Å². The Hall–Kier alpha value is -2.97. The van der Waals surface area contributed by atoms with E-state index in [1.54, 1.807) is 23.0 Å². The first-order chi connectivity index (χ1) is 12.6. The van der Waals surface area contributed by atoms with Crippen molar-refractivity contribution in [2.24, 2.45) is 0 Å². The molecule has 1 saturated heterocycles. The van der Waals surface area contributed by atoms with Gasteiger partial charge in [0.05, 0.1) is 5.69 Å². The number of aromatic nitrogens is 5. The fourth-order valence-electron chi connectivity index (χ4n) is 3.34. The Balaban J connectivity index is 1.54. The van der Waals surface area contributed by atoms with Crippen molar-refractivity contribution < 1.29 is 9.21 Å². The van der Waals surface area contributed by atoms with Gasteiger partial charge in [-0.15, -0.1) is 5.10 Å². The van der Waals surface area contributed by atoms with Crippen molar-refractivity contribution in [2.75, 3.05) is 24.5 Å². The highest BCUT2D eigenvalue weighted by molar-refractivity contribution is 6.01. The molecular formula is C17H21N7O2. The number of nitrogens with zero attached hydrogens (tertiary/aromatic N) is 7. The number of fused-ring (bicyclic) bond motifs is 1. The summed E-state index contributed by atoms with van der Waals surface area (Å²) in [5.41, 5.74) is 1.85. The molecule has 0 spiro atoms. The van der Waals surface area contributed by atoms with Crippen molar-refractivity contribution in [3.63, 3.8) is 0 Å². The Morgan fingerprint density at radius 3 is 2.92 bits per heavy atom. The monoisotopic (exact) mass is 355 g/mol. The van der Waals surface area contributed by atoms with Crippen LogP contribution >= 0.6 is 0 Å². The van der Waals surface area contributed by atoms with Crippen LogP contribution in [0.15, 0.2) is 22.9 Å². The molecule has 4 heterocycles. The zero-order valence-corrected chi connectivity index (χ0v) is 15.1. The zero-order chi connectivity index (χ0) is 18.3. The van der Waals surface area contributed by atoms with Gasteiger partial charge < -0.3 is 14.2 Å². The minimum absolute atomic E-state index is 0.0394. The van der Waals surface area contributed by atoms with E-state index in [1.807, 2.05) is 18.7 Å². The van der Waals surface area contributed by atoms with Crippen molar-refractivity contribution in [3.8, 4) is 0 Å².